The fraction of sp³-hybridized carbons (Fsp3) is 0.400. The van der Waals surface area contributed by atoms with Crippen molar-refractivity contribution in [3.8, 4) is 11.5 Å². The van der Waals surface area contributed by atoms with Crippen LogP contribution in [0.5, 0.6) is 11.5 Å². The summed E-state index contributed by atoms with van der Waals surface area (Å²) in [6.07, 6.45) is 1.99. The number of phenolic OH excluding ortho intramolecular Hbond substituents is 1. The topological polar surface area (TPSA) is 29.5 Å². The molecule has 1 aromatic rings. The number of phenols is 1. The number of hydrogen-bond donors (Lipinski definition) is 1. The van der Waals surface area contributed by atoms with E-state index in [-0.39, 0.29) is 5.75 Å². The average Bonchev–Trinajstić information content (AvgIpc) is 2.12. The first kappa shape index (κ1) is 9.84. The van der Waals surface area contributed by atoms with Crippen LogP contribution in [-0.2, 0) is 0 Å². The molecule has 3 heteroatoms. The molecule has 0 aliphatic carbocycles. The maximum Gasteiger partial charge on any atom is 0.168 e. The van der Waals surface area contributed by atoms with Crippen molar-refractivity contribution in [2.24, 2.45) is 0 Å². The lowest BCUT2D eigenvalue weighted by atomic mass is 10.3. The van der Waals surface area contributed by atoms with E-state index in [1.807, 2.05) is 0 Å². The normalized spacial score (nSPS) is 10.0. The summed E-state index contributed by atoms with van der Waals surface area (Å²) in [4.78, 5) is 0. The van der Waals surface area contributed by atoms with Gasteiger partial charge < -0.3 is 9.84 Å². The minimum Gasteiger partial charge on any atom is -0.505 e. The quantitative estimate of drug-likeness (QED) is 0.729. The van der Waals surface area contributed by atoms with Crippen LogP contribution in [0.15, 0.2) is 18.2 Å². The van der Waals surface area contributed by atoms with Gasteiger partial charge in [-0.15, -0.1) is 0 Å². The Bertz CT molecular complexity index is 274. The summed E-state index contributed by atoms with van der Waals surface area (Å²) in [5.74, 6) is -0.527. The minimum absolute atomic E-state index is 0.345. The average molecular weight is 184 g/mol. The Morgan fingerprint density at radius 3 is 2.85 bits per heavy atom. The van der Waals surface area contributed by atoms with Crippen LogP contribution in [0.2, 0.25) is 0 Å². The van der Waals surface area contributed by atoms with Gasteiger partial charge in [0.1, 0.15) is 5.75 Å². The molecule has 0 aromatic heterocycles. The van der Waals surface area contributed by atoms with Crippen LogP contribution in [0.3, 0.4) is 0 Å². The Morgan fingerprint density at radius 1 is 1.46 bits per heavy atom. The predicted molar refractivity (Wildman–Crippen MR) is 48.5 cm³/mol. The highest BCUT2D eigenvalue weighted by Crippen LogP contribution is 2.21. The Morgan fingerprint density at radius 2 is 2.23 bits per heavy atom. The summed E-state index contributed by atoms with van der Waals surface area (Å²) in [7, 11) is 0. The number of ether oxygens (including phenoxy) is 1. The fourth-order valence-electron chi connectivity index (χ4n) is 0.912. The summed E-state index contributed by atoms with van der Waals surface area (Å²) in [5, 5.41) is 8.88. The van der Waals surface area contributed by atoms with Crippen molar-refractivity contribution in [2.75, 3.05) is 6.61 Å². The van der Waals surface area contributed by atoms with Crippen molar-refractivity contribution in [2.45, 2.75) is 19.8 Å². The van der Waals surface area contributed by atoms with Crippen LogP contribution in [-0.4, -0.2) is 11.7 Å². The molecule has 72 valence electrons. The second-order valence-corrected chi connectivity index (χ2v) is 2.82. The molecule has 0 aliphatic rings. The molecule has 1 aromatic carbocycles. The largest absolute Gasteiger partial charge is 0.505 e. The van der Waals surface area contributed by atoms with Gasteiger partial charge in [-0.25, -0.2) is 4.39 Å². The second-order valence-electron chi connectivity index (χ2n) is 2.82. The van der Waals surface area contributed by atoms with Crippen LogP contribution >= 0.6 is 0 Å². The summed E-state index contributed by atoms with van der Waals surface area (Å²) in [6.45, 7) is 2.64. The summed E-state index contributed by atoms with van der Waals surface area (Å²) >= 11 is 0. The zero-order valence-electron chi connectivity index (χ0n) is 7.59. The van der Waals surface area contributed by atoms with Gasteiger partial charge in [0.2, 0.25) is 0 Å². The number of rotatable bonds is 4. The molecular weight excluding hydrogens is 171 g/mol. The van der Waals surface area contributed by atoms with Gasteiger partial charge >= 0.3 is 0 Å². The number of benzene rings is 1. The van der Waals surface area contributed by atoms with E-state index >= 15 is 0 Å². The standard InChI is InChI=1S/C10H13FO2/c1-2-3-6-13-8-4-5-10(12)9(11)7-8/h4-5,7,12H,2-3,6H2,1H3. The van der Waals surface area contributed by atoms with Crippen LogP contribution in [0, 0.1) is 5.82 Å². The van der Waals surface area contributed by atoms with Gasteiger partial charge in [0.05, 0.1) is 6.61 Å². The Balaban J connectivity index is 2.53. The molecule has 1 N–H and O–H groups in total. The van der Waals surface area contributed by atoms with Crippen molar-refractivity contribution in [3.63, 3.8) is 0 Å². The van der Waals surface area contributed by atoms with Gasteiger partial charge in [-0.2, -0.15) is 0 Å². The van der Waals surface area contributed by atoms with Crippen molar-refractivity contribution < 1.29 is 14.2 Å². The third-order valence-corrected chi connectivity index (χ3v) is 1.69. The van der Waals surface area contributed by atoms with Crippen molar-refractivity contribution in [1.82, 2.24) is 0 Å². The highest BCUT2D eigenvalue weighted by Gasteiger charge is 2.01. The number of hydrogen-bond acceptors (Lipinski definition) is 2. The van der Waals surface area contributed by atoms with E-state index in [9.17, 15) is 4.39 Å². The molecule has 0 saturated carbocycles. The van der Waals surface area contributed by atoms with E-state index in [4.69, 9.17) is 9.84 Å². The smallest absolute Gasteiger partial charge is 0.168 e. The van der Waals surface area contributed by atoms with Gasteiger partial charge in [-0.3, -0.25) is 0 Å². The molecule has 13 heavy (non-hydrogen) atoms. The van der Waals surface area contributed by atoms with Crippen LogP contribution in [0.4, 0.5) is 4.39 Å². The van der Waals surface area contributed by atoms with E-state index < -0.39 is 5.82 Å². The van der Waals surface area contributed by atoms with Gasteiger partial charge in [-0.05, 0) is 18.6 Å². The van der Waals surface area contributed by atoms with E-state index in [1.54, 1.807) is 6.07 Å². The zero-order valence-corrected chi connectivity index (χ0v) is 7.59. The van der Waals surface area contributed by atoms with Gasteiger partial charge in [0, 0.05) is 6.07 Å². The fourth-order valence-corrected chi connectivity index (χ4v) is 0.912. The van der Waals surface area contributed by atoms with Crippen molar-refractivity contribution >= 4 is 0 Å². The Hall–Kier alpha value is -1.25. The van der Waals surface area contributed by atoms with Crippen LogP contribution < -0.4 is 4.74 Å². The minimum atomic E-state index is -0.644. The van der Waals surface area contributed by atoms with Crippen molar-refractivity contribution in [1.29, 1.82) is 0 Å². The van der Waals surface area contributed by atoms with E-state index in [0.29, 0.717) is 12.4 Å². The molecule has 2 nitrogen and oxygen atoms in total. The molecule has 0 aliphatic heterocycles. The monoisotopic (exact) mass is 184 g/mol. The molecular formula is C10H13FO2. The van der Waals surface area contributed by atoms with Gasteiger partial charge in [0.15, 0.2) is 11.6 Å². The first-order valence-electron chi connectivity index (χ1n) is 4.35. The highest BCUT2D eigenvalue weighted by molar-refractivity contribution is 5.31. The first-order valence-corrected chi connectivity index (χ1v) is 4.35. The predicted octanol–water partition coefficient (Wildman–Crippen LogP) is 2.71. The molecule has 0 fully saturated rings. The lowest BCUT2D eigenvalue weighted by molar-refractivity contribution is 0.306. The molecule has 0 unspecified atom stereocenters. The molecule has 0 amide bonds. The number of halogens is 1. The van der Waals surface area contributed by atoms with Gasteiger partial charge in [0.25, 0.3) is 0 Å². The molecule has 0 radical (unpaired) electrons. The lowest BCUT2D eigenvalue weighted by Gasteiger charge is -2.05. The first-order chi connectivity index (χ1) is 6.24. The Labute approximate surface area is 77.0 Å². The third kappa shape index (κ3) is 2.93. The van der Waals surface area contributed by atoms with E-state index in [1.165, 1.54) is 12.1 Å². The summed E-state index contributed by atoms with van der Waals surface area (Å²) < 4.78 is 18.0. The lowest BCUT2D eigenvalue weighted by Crippen LogP contribution is -1.96. The van der Waals surface area contributed by atoms with E-state index in [0.717, 1.165) is 12.8 Å². The molecule has 1 rings (SSSR count). The number of aromatic hydroxyl groups is 1. The summed E-state index contributed by atoms with van der Waals surface area (Å²) in [5.41, 5.74) is 0. The van der Waals surface area contributed by atoms with Crippen LogP contribution in [0.25, 0.3) is 0 Å². The van der Waals surface area contributed by atoms with E-state index in [2.05, 4.69) is 6.92 Å². The Kier molecular flexibility index (Phi) is 3.55. The maximum atomic E-state index is 12.8. The maximum absolute atomic E-state index is 12.8. The summed E-state index contributed by atoms with van der Waals surface area (Å²) in [6, 6.07) is 4.02. The molecule has 0 spiro atoms. The molecule has 0 saturated heterocycles. The van der Waals surface area contributed by atoms with Crippen LogP contribution in [0.1, 0.15) is 19.8 Å². The highest BCUT2D eigenvalue weighted by atomic mass is 19.1. The molecule has 0 heterocycles. The SMILES string of the molecule is CCCCOc1ccc(O)c(F)c1. The van der Waals surface area contributed by atoms with Crippen molar-refractivity contribution in [3.05, 3.63) is 24.0 Å². The molecule has 0 bridgehead atoms. The zero-order chi connectivity index (χ0) is 9.68. The second kappa shape index (κ2) is 4.70. The molecule has 0 atom stereocenters. The third-order valence-electron chi connectivity index (χ3n) is 1.69. The van der Waals surface area contributed by atoms with Gasteiger partial charge in [-0.1, -0.05) is 13.3 Å². The number of unbranched alkanes of at least 4 members (excludes halogenated alkanes) is 1.